The lowest BCUT2D eigenvalue weighted by Crippen LogP contribution is -2.19. The number of ether oxygens (including phenoxy) is 1. The largest absolute Gasteiger partial charge is 0.573 e. The van der Waals surface area contributed by atoms with Crippen LogP contribution in [0.1, 0.15) is 5.56 Å². The molecule has 0 atom stereocenters. The molecule has 0 saturated carbocycles. The van der Waals surface area contributed by atoms with Crippen molar-refractivity contribution in [2.75, 3.05) is 10.6 Å². The maximum absolute atomic E-state index is 13.4. The van der Waals surface area contributed by atoms with Crippen LogP contribution >= 0.6 is 12.2 Å². The molecule has 0 unspecified atom stereocenters. The molecule has 2 aromatic rings. The van der Waals surface area contributed by atoms with Crippen molar-refractivity contribution >= 4 is 28.7 Å². The van der Waals surface area contributed by atoms with E-state index in [1.54, 1.807) is 19.1 Å². The minimum absolute atomic E-state index is 0.178. The zero-order valence-corrected chi connectivity index (χ0v) is 12.7. The first-order chi connectivity index (χ1) is 10.7. The quantitative estimate of drug-likeness (QED) is 0.616. The molecule has 0 aliphatic rings. The van der Waals surface area contributed by atoms with Gasteiger partial charge in [0.05, 0.1) is 0 Å². The smallest absolute Gasteiger partial charge is 0.406 e. The molecule has 0 heterocycles. The van der Waals surface area contributed by atoms with Gasteiger partial charge in [-0.05, 0) is 61.1 Å². The average molecular weight is 344 g/mol. The Hall–Kier alpha value is -2.35. The number of anilines is 2. The van der Waals surface area contributed by atoms with Crippen LogP contribution < -0.4 is 15.4 Å². The molecule has 0 fully saturated rings. The lowest BCUT2D eigenvalue weighted by molar-refractivity contribution is -0.274. The van der Waals surface area contributed by atoms with Gasteiger partial charge >= 0.3 is 6.36 Å². The molecule has 23 heavy (non-hydrogen) atoms. The standard InChI is InChI=1S/C15H12F4N2OS/c1-9-2-3-11(8-13(9)16)21-14(23)20-10-4-6-12(7-5-10)22-15(17,18)19/h2-8H,1H3,(H2,20,21,23). The van der Waals surface area contributed by atoms with Crippen molar-refractivity contribution in [3.63, 3.8) is 0 Å². The number of hydrogen-bond donors (Lipinski definition) is 2. The van der Waals surface area contributed by atoms with Crippen molar-refractivity contribution in [1.29, 1.82) is 0 Å². The monoisotopic (exact) mass is 344 g/mol. The Balaban J connectivity index is 1.96. The minimum Gasteiger partial charge on any atom is -0.406 e. The first-order valence-corrected chi connectivity index (χ1v) is 6.84. The number of aryl methyl sites for hydroxylation is 1. The third-order valence-corrected chi connectivity index (χ3v) is 2.98. The van der Waals surface area contributed by atoms with E-state index >= 15 is 0 Å². The second-order valence-electron chi connectivity index (χ2n) is 4.62. The highest BCUT2D eigenvalue weighted by Gasteiger charge is 2.30. The first kappa shape index (κ1) is 17.0. The van der Waals surface area contributed by atoms with Crippen LogP contribution in [0.4, 0.5) is 28.9 Å². The van der Waals surface area contributed by atoms with E-state index in [0.29, 0.717) is 16.9 Å². The number of alkyl halides is 3. The van der Waals surface area contributed by atoms with Gasteiger partial charge in [0.15, 0.2) is 5.11 Å². The predicted octanol–water partition coefficient (Wildman–Crippen LogP) is 4.84. The van der Waals surface area contributed by atoms with E-state index in [0.717, 1.165) is 12.1 Å². The Labute approximate surface area is 135 Å². The number of halogens is 4. The van der Waals surface area contributed by atoms with Crippen LogP contribution in [0.2, 0.25) is 0 Å². The van der Waals surface area contributed by atoms with Gasteiger partial charge in [-0.3, -0.25) is 0 Å². The first-order valence-electron chi connectivity index (χ1n) is 6.43. The summed E-state index contributed by atoms with van der Waals surface area (Å²) < 4.78 is 53.4. The van der Waals surface area contributed by atoms with Gasteiger partial charge in [0, 0.05) is 11.4 Å². The summed E-state index contributed by atoms with van der Waals surface area (Å²) in [6, 6.07) is 9.63. The fraction of sp³-hybridized carbons (Fsp3) is 0.133. The van der Waals surface area contributed by atoms with Gasteiger partial charge in [-0.2, -0.15) is 0 Å². The number of thiocarbonyl (C=S) groups is 1. The van der Waals surface area contributed by atoms with Crippen molar-refractivity contribution in [1.82, 2.24) is 0 Å². The molecule has 0 spiro atoms. The van der Waals surface area contributed by atoms with Crippen LogP contribution in [0.25, 0.3) is 0 Å². The van der Waals surface area contributed by atoms with E-state index in [1.807, 2.05) is 0 Å². The Bertz CT molecular complexity index is 702. The SMILES string of the molecule is Cc1ccc(NC(=S)Nc2ccc(OC(F)(F)F)cc2)cc1F. The van der Waals surface area contributed by atoms with Crippen molar-refractivity contribution in [2.24, 2.45) is 0 Å². The highest BCUT2D eigenvalue weighted by atomic mass is 32.1. The molecule has 0 radical (unpaired) electrons. The summed E-state index contributed by atoms with van der Waals surface area (Å²) in [7, 11) is 0. The summed E-state index contributed by atoms with van der Waals surface area (Å²) >= 11 is 5.06. The fourth-order valence-electron chi connectivity index (χ4n) is 1.70. The molecular weight excluding hydrogens is 332 g/mol. The summed E-state index contributed by atoms with van der Waals surface area (Å²) in [4.78, 5) is 0. The number of nitrogens with one attached hydrogen (secondary N) is 2. The fourth-order valence-corrected chi connectivity index (χ4v) is 1.94. The van der Waals surface area contributed by atoms with Gasteiger partial charge in [0.25, 0.3) is 0 Å². The summed E-state index contributed by atoms with van der Waals surface area (Å²) in [5.41, 5.74) is 1.43. The minimum atomic E-state index is -4.73. The van der Waals surface area contributed by atoms with Gasteiger partial charge in [0.1, 0.15) is 11.6 Å². The molecule has 0 bridgehead atoms. The number of rotatable bonds is 3. The van der Waals surface area contributed by atoms with Gasteiger partial charge in [-0.15, -0.1) is 13.2 Å². The van der Waals surface area contributed by atoms with Crippen molar-refractivity contribution in [2.45, 2.75) is 13.3 Å². The topological polar surface area (TPSA) is 33.3 Å². The molecule has 0 saturated heterocycles. The van der Waals surface area contributed by atoms with Gasteiger partial charge in [0.2, 0.25) is 0 Å². The Morgan fingerprint density at radius 2 is 1.57 bits per heavy atom. The molecule has 0 amide bonds. The highest BCUT2D eigenvalue weighted by Crippen LogP contribution is 2.24. The van der Waals surface area contributed by atoms with E-state index < -0.39 is 6.36 Å². The van der Waals surface area contributed by atoms with E-state index in [4.69, 9.17) is 12.2 Å². The lowest BCUT2D eigenvalue weighted by Gasteiger charge is -2.12. The predicted molar refractivity (Wildman–Crippen MR) is 84.1 cm³/mol. The maximum Gasteiger partial charge on any atom is 0.573 e. The normalized spacial score (nSPS) is 11.0. The van der Waals surface area contributed by atoms with E-state index in [9.17, 15) is 17.6 Å². The van der Waals surface area contributed by atoms with E-state index in [2.05, 4.69) is 15.4 Å². The molecule has 8 heteroatoms. The summed E-state index contributed by atoms with van der Waals surface area (Å²) in [6.45, 7) is 1.64. The molecule has 3 nitrogen and oxygen atoms in total. The highest BCUT2D eigenvalue weighted by molar-refractivity contribution is 7.80. The third-order valence-electron chi connectivity index (χ3n) is 2.78. The molecule has 0 aliphatic carbocycles. The molecular formula is C15H12F4N2OS. The molecule has 0 aliphatic heterocycles. The van der Waals surface area contributed by atoms with Crippen molar-refractivity contribution < 1.29 is 22.3 Å². The zero-order valence-electron chi connectivity index (χ0n) is 11.9. The van der Waals surface area contributed by atoms with E-state index in [1.165, 1.54) is 18.2 Å². The third kappa shape index (κ3) is 5.41. The van der Waals surface area contributed by atoms with Gasteiger partial charge < -0.3 is 15.4 Å². The number of benzene rings is 2. The van der Waals surface area contributed by atoms with Crippen molar-refractivity contribution in [3.8, 4) is 5.75 Å². The Morgan fingerprint density at radius 3 is 2.13 bits per heavy atom. The lowest BCUT2D eigenvalue weighted by atomic mass is 10.2. The summed E-state index contributed by atoms with van der Waals surface area (Å²) in [5, 5.41) is 5.73. The summed E-state index contributed by atoms with van der Waals surface area (Å²) in [6.07, 6.45) is -4.73. The summed E-state index contributed by atoms with van der Waals surface area (Å²) in [5.74, 6) is -0.700. The van der Waals surface area contributed by atoms with Crippen LogP contribution in [0.5, 0.6) is 5.75 Å². The molecule has 2 rings (SSSR count). The average Bonchev–Trinajstić information content (AvgIpc) is 2.43. The molecule has 0 aromatic heterocycles. The van der Waals surface area contributed by atoms with Crippen LogP contribution in [0.15, 0.2) is 42.5 Å². The van der Waals surface area contributed by atoms with Gasteiger partial charge in [-0.25, -0.2) is 4.39 Å². The second kappa shape index (κ2) is 6.82. The Kier molecular flexibility index (Phi) is 5.05. The zero-order chi connectivity index (χ0) is 17.0. The molecule has 2 N–H and O–H groups in total. The van der Waals surface area contributed by atoms with Crippen LogP contribution in [0, 0.1) is 12.7 Å². The molecule has 2 aromatic carbocycles. The number of hydrogen-bond acceptors (Lipinski definition) is 2. The van der Waals surface area contributed by atoms with Crippen LogP contribution in [0.3, 0.4) is 0 Å². The second-order valence-corrected chi connectivity index (χ2v) is 5.02. The molecule has 122 valence electrons. The van der Waals surface area contributed by atoms with Crippen LogP contribution in [-0.4, -0.2) is 11.5 Å². The van der Waals surface area contributed by atoms with Crippen LogP contribution in [-0.2, 0) is 0 Å². The van der Waals surface area contributed by atoms with Crippen molar-refractivity contribution in [3.05, 3.63) is 53.8 Å². The maximum atomic E-state index is 13.4. The van der Waals surface area contributed by atoms with Gasteiger partial charge in [-0.1, -0.05) is 6.07 Å². The Morgan fingerprint density at radius 1 is 1.00 bits per heavy atom. The van der Waals surface area contributed by atoms with E-state index in [-0.39, 0.29) is 16.7 Å².